The van der Waals surface area contributed by atoms with Crippen LogP contribution in [0.3, 0.4) is 0 Å². The molecule has 3 fully saturated rings. The van der Waals surface area contributed by atoms with Gasteiger partial charge in [-0.1, -0.05) is 43.9 Å². The molecule has 0 amide bonds. The third kappa shape index (κ3) is 3.33. The normalized spacial score (nSPS) is 39.1. The summed E-state index contributed by atoms with van der Waals surface area (Å²) in [4.78, 5) is 24.6. The Hall–Kier alpha value is -1.90. The van der Waals surface area contributed by atoms with Crippen molar-refractivity contribution in [2.45, 2.75) is 51.2 Å². The molecule has 2 heterocycles. The molecular formula is C23H28O5. The van der Waals surface area contributed by atoms with Gasteiger partial charge in [-0.3, -0.25) is 9.59 Å². The van der Waals surface area contributed by atoms with Crippen LogP contribution in [-0.4, -0.2) is 37.4 Å². The first-order valence-electron chi connectivity index (χ1n) is 10.4. The number of esters is 2. The van der Waals surface area contributed by atoms with Crippen molar-refractivity contribution < 1.29 is 23.8 Å². The summed E-state index contributed by atoms with van der Waals surface area (Å²) in [7, 11) is 0. The molecule has 0 aromatic heterocycles. The van der Waals surface area contributed by atoms with Crippen LogP contribution in [0.25, 0.3) is 0 Å². The van der Waals surface area contributed by atoms with Gasteiger partial charge in [0.2, 0.25) is 0 Å². The zero-order valence-electron chi connectivity index (χ0n) is 16.3. The second-order valence-electron chi connectivity index (χ2n) is 8.30. The molecule has 4 rings (SSSR count). The maximum atomic E-state index is 12.5. The molecule has 4 aliphatic rings. The lowest BCUT2D eigenvalue weighted by molar-refractivity contribution is -0.154. The molecule has 0 radical (unpaired) electrons. The number of fused-ring (bicyclic) bond motifs is 5. The van der Waals surface area contributed by atoms with Gasteiger partial charge in [0, 0.05) is 11.8 Å². The summed E-state index contributed by atoms with van der Waals surface area (Å²) in [5, 5.41) is 0. The number of carbonyl (C=O) groups is 2. The van der Waals surface area contributed by atoms with Crippen molar-refractivity contribution in [3.8, 4) is 12.3 Å². The average Bonchev–Trinajstić information content (AvgIpc) is 3.20. The van der Waals surface area contributed by atoms with Crippen LogP contribution in [-0.2, 0) is 23.8 Å². The van der Waals surface area contributed by atoms with E-state index in [-0.39, 0.29) is 60.3 Å². The fourth-order valence-corrected chi connectivity index (χ4v) is 5.51. The third-order valence-corrected chi connectivity index (χ3v) is 6.74. The van der Waals surface area contributed by atoms with Gasteiger partial charge in [-0.2, -0.15) is 0 Å². The van der Waals surface area contributed by atoms with Crippen molar-refractivity contribution in [2.24, 2.45) is 29.6 Å². The second-order valence-corrected chi connectivity index (χ2v) is 8.30. The zero-order valence-corrected chi connectivity index (χ0v) is 16.3. The van der Waals surface area contributed by atoms with Crippen LogP contribution in [0.5, 0.6) is 0 Å². The van der Waals surface area contributed by atoms with Crippen molar-refractivity contribution in [2.75, 3.05) is 13.2 Å². The van der Waals surface area contributed by atoms with E-state index in [0.717, 1.165) is 31.3 Å². The first-order valence-corrected chi connectivity index (χ1v) is 10.4. The largest absolute Gasteiger partial charge is 0.393 e. The van der Waals surface area contributed by atoms with Crippen molar-refractivity contribution in [3.05, 3.63) is 23.8 Å². The highest BCUT2D eigenvalue weighted by atomic mass is 16.6. The SMILES string of the molecule is C#CCO[C@H]1[C@H]2OCC3=CC[C@@H]4C(=O)OC(=O)[C@@H]4[C@@H]3[C@H]2C[C@H]1/C=C/CCCC. The Morgan fingerprint density at radius 2 is 2.18 bits per heavy atom. The minimum absolute atomic E-state index is 0.00225. The predicted molar refractivity (Wildman–Crippen MR) is 103 cm³/mol. The first kappa shape index (κ1) is 19.4. The van der Waals surface area contributed by atoms with Gasteiger partial charge >= 0.3 is 11.9 Å². The molecule has 0 N–H and O–H groups in total. The van der Waals surface area contributed by atoms with E-state index < -0.39 is 0 Å². The Labute approximate surface area is 166 Å². The summed E-state index contributed by atoms with van der Waals surface area (Å²) in [6, 6.07) is 0. The summed E-state index contributed by atoms with van der Waals surface area (Å²) in [6.45, 7) is 2.91. The highest BCUT2D eigenvalue weighted by Gasteiger charge is 2.59. The molecule has 0 unspecified atom stereocenters. The highest BCUT2D eigenvalue weighted by molar-refractivity contribution is 5.97. The lowest BCUT2D eigenvalue weighted by Crippen LogP contribution is -2.47. The van der Waals surface area contributed by atoms with Gasteiger partial charge < -0.3 is 14.2 Å². The monoisotopic (exact) mass is 384 g/mol. The standard InChI is InChI=1S/C23H28O5/c1-3-5-6-7-8-14-12-17-18-15(13-27-21(17)20(14)26-11-4-2)9-10-16-19(18)23(25)28-22(16)24/h2,7-9,14,16-21H,3,5-6,10-13H2,1H3/b8-7+/t14-,16+,17-,18+,19+,20-,21+/m1/s1. The number of rotatable bonds is 6. The molecule has 2 aliphatic heterocycles. The molecule has 1 saturated carbocycles. The van der Waals surface area contributed by atoms with E-state index in [1.807, 2.05) is 0 Å². The Morgan fingerprint density at radius 1 is 1.32 bits per heavy atom. The molecule has 5 nitrogen and oxygen atoms in total. The number of unbranched alkanes of at least 4 members (excludes halogenated alkanes) is 2. The van der Waals surface area contributed by atoms with Crippen LogP contribution >= 0.6 is 0 Å². The molecular weight excluding hydrogens is 356 g/mol. The molecule has 0 aromatic carbocycles. The Kier molecular flexibility index (Phi) is 5.70. The van der Waals surface area contributed by atoms with Crippen LogP contribution in [0.1, 0.15) is 39.0 Å². The van der Waals surface area contributed by atoms with Gasteiger partial charge in [0.05, 0.1) is 30.7 Å². The minimum Gasteiger partial charge on any atom is -0.393 e. The van der Waals surface area contributed by atoms with Crippen LogP contribution in [0.4, 0.5) is 0 Å². The molecule has 2 saturated heterocycles. The zero-order chi connectivity index (χ0) is 19.7. The smallest absolute Gasteiger partial charge is 0.318 e. The van der Waals surface area contributed by atoms with E-state index in [1.165, 1.54) is 0 Å². The number of allylic oxidation sites excluding steroid dienone is 2. The fraction of sp³-hybridized carbons (Fsp3) is 0.652. The van der Waals surface area contributed by atoms with Gasteiger partial charge in [-0.15, -0.1) is 6.42 Å². The van der Waals surface area contributed by atoms with Crippen molar-refractivity contribution in [3.63, 3.8) is 0 Å². The van der Waals surface area contributed by atoms with Crippen LogP contribution in [0.2, 0.25) is 0 Å². The lowest BCUT2D eigenvalue weighted by atomic mass is 9.65. The van der Waals surface area contributed by atoms with E-state index >= 15 is 0 Å². The van der Waals surface area contributed by atoms with Crippen molar-refractivity contribution >= 4 is 11.9 Å². The van der Waals surface area contributed by atoms with Gasteiger partial charge in [0.25, 0.3) is 0 Å². The summed E-state index contributed by atoms with van der Waals surface area (Å²) in [5.41, 5.74) is 1.14. The van der Waals surface area contributed by atoms with Crippen molar-refractivity contribution in [1.82, 2.24) is 0 Å². The third-order valence-electron chi connectivity index (χ3n) is 6.74. The quantitative estimate of drug-likeness (QED) is 0.232. The van der Waals surface area contributed by atoms with Crippen LogP contribution in [0, 0.1) is 41.9 Å². The maximum Gasteiger partial charge on any atom is 0.318 e. The molecule has 2 aliphatic carbocycles. The van der Waals surface area contributed by atoms with Crippen LogP contribution < -0.4 is 0 Å². The number of hydrogen-bond acceptors (Lipinski definition) is 5. The molecule has 150 valence electrons. The maximum absolute atomic E-state index is 12.5. The highest BCUT2D eigenvalue weighted by Crippen LogP contribution is 2.53. The topological polar surface area (TPSA) is 61.8 Å². The van der Waals surface area contributed by atoms with E-state index in [1.54, 1.807) is 0 Å². The van der Waals surface area contributed by atoms with E-state index in [2.05, 4.69) is 31.1 Å². The van der Waals surface area contributed by atoms with Gasteiger partial charge in [-0.25, -0.2) is 0 Å². The molecule has 0 spiro atoms. The lowest BCUT2D eigenvalue weighted by Gasteiger charge is -2.42. The van der Waals surface area contributed by atoms with Crippen LogP contribution in [0.15, 0.2) is 23.8 Å². The molecule has 0 aromatic rings. The van der Waals surface area contributed by atoms with E-state index in [9.17, 15) is 9.59 Å². The van der Waals surface area contributed by atoms with Gasteiger partial charge in [0.1, 0.15) is 6.61 Å². The summed E-state index contributed by atoms with van der Waals surface area (Å²) < 4.78 is 17.2. The summed E-state index contributed by atoms with van der Waals surface area (Å²) in [5.74, 6) is 1.44. The summed E-state index contributed by atoms with van der Waals surface area (Å²) >= 11 is 0. The van der Waals surface area contributed by atoms with Crippen molar-refractivity contribution in [1.29, 1.82) is 0 Å². The number of cyclic esters (lactones) is 2. The number of terminal acetylenes is 1. The molecule has 0 bridgehead atoms. The fourth-order valence-electron chi connectivity index (χ4n) is 5.51. The Balaban J connectivity index is 1.59. The van der Waals surface area contributed by atoms with E-state index in [0.29, 0.717) is 13.0 Å². The number of ether oxygens (including phenoxy) is 3. The average molecular weight is 384 g/mol. The second kappa shape index (κ2) is 8.23. The number of carbonyl (C=O) groups excluding carboxylic acids is 2. The molecule has 28 heavy (non-hydrogen) atoms. The van der Waals surface area contributed by atoms with Gasteiger partial charge in [-0.05, 0) is 30.8 Å². The Morgan fingerprint density at radius 3 is 2.96 bits per heavy atom. The number of hydrogen-bond donors (Lipinski definition) is 0. The first-order chi connectivity index (χ1) is 13.7. The van der Waals surface area contributed by atoms with Gasteiger partial charge in [0.15, 0.2) is 0 Å². The predicted octanol–water partition coefficient (Wildman–Crippen LogP) is 3.05. The molecule has 5 heteroatoms. The molecule has 7 atom stereocenters. The summed E-state index contributed by atoms with van der Waals surface area (Å²) in [6.07, 6.45) is 16.6. The van der Waals surface area contributed by atoms with E-state index in [4.69, 9.17) is 20.6 Å². The Bertz CT molecular complexity index is 730. The minimum atomic E-state index is -0.375.